The Morgan fingerprint density at radius 2 is 1.64 bits per heavy atom. The van der Waals surface area contributed by atoms with E-state index < -0.39 is 0 Å². The van der Waals surface area contributed by atoms with Gasteiger partial charge in [-0.2, -0.15) is 0 Å². The molecule has 1 atom stereocenters. The van der Waals surface area contributed by atoms with Crippen molar-refractivity contribution in [3.63, 3.8) is 0 Å². The number of likely N-dealkylation sites (tertiary alicyclic amines) is 1. The number of fused-ring (bicyclic) bond motifs is 1. The van der Waals surface area contributed by atoms with Crippen molar-refractivity contribution in [2.24, 2.45) is 5.92 Å². The van der Waals surface area contributed by atoms with Crippen molar-refractivity contribution < 1.29 is 23.8 Å². The third-order valence-electron chi connectivity index (χ3n) is 7.22. The summed E-state index contributed by atoms with van der Waals surface area (Å²) in [4.78, 5) is 32.1. The van der Waals surface area contributed by atoms with Crippen LogP contribution >= 0.6 is 0 Å². The molecule has 2 aromatic carbocycles. The fourth-order valence-corrected chi connectivity index (χ4v) is 5.26. The Bertz CT molecular complexity index is 1080. The van der Waals surface area contributed by atoms with Gasteiger partial charge in [0, 0.05) is 57.9 Å². The van der Waals surface area contributed by atoms with Gasteiger partial charge in [-0.25, -0.2) is 0 Å². The number of amides is 1. The largest absolute Gasteiger partial charge is 0.466 e. The minimum Gasteiger partial charge on any atom is -0.466 e. The molecule has 0 aliphatic carbocycles. The van der Waals surface area contributed by atoms with Gasteiger partial charge >= 0.3 is 5.97 Å². The summed E-state index contributed by atoms with van der Waals surface area (Å²) in [5.74, 6) is 1.24. The molecule has 192 valence electrons. The van der Waals surface area contributed by atoms with E-state index in [0.29, 0.717) is 32.1 Å². The van der Waals surface area contributed by atoms with Crippen molar-refractivity contribution >= 4 is 11.9 Å². The van der Waals surface area contributed by atoms with Gasteiger partial charge in [0.05, 0.1) is 12.5 Å². The van der Waals surface area contributed by atoms with E-state index in [0.717, 1.165) is 69.2 Å². The highest BCUT2D eigenvalue weighted by molar-refractivity contribution is 5.94. The molecule has 0 aromatic heterocycles. The summed E-state index contributed by atoms with van der Waals surface area (Å²) >= 11 is 0. The topological polar surface area (TPSA) is 71.6 Å². The fourth-order valence-electron chi connectivity index (χ4n) is 5.26. The predicted octanol–water partition coefficient (Wildman–Crippen LogP) is 3.15. The van der Waals surface area contributed by atoms with E-state index in [9.17, 15) is 9.59 Å². The summed E-state index contributed by atoms with van der Waals surface area (Å²) in [6, 6.07) is 14.1. The number of hydrogen-bond donors (Lipinski definition) is 0. The minimum absolute atomic E-state index is 0.000561. The first kappa shape index (κ1) is 24.6. The normalized spacial score (nSPS) is 20.4. The minimum atomic E-state index is -0.222. The van der Waals surface area contributed by atoms with Crippen molar-refractivity contribution in [3.8, 4) is 11.5 Å². The molecule has 2 aromatic rings. The number of piperidine rings is 1. The summed E-state index contributed by atoms with van der Waals surface area (Å²) < 4.78 is 16.1. The fraction of sp³-hybridized carbons (Fsp3) is 0.500. The summed E-state index contributed by atoms with van der Waals surface area (Å²) in [6.07, 6.45) is 1.61. The van der Waals surface area contributed by atoms with Crippen LogP contribution in [-0.2, 0) is 22.6 Å². The van der Waals surface area contributed by atoms with Gasteiger partial charge in [-0.3, -0.25) is 19.4 Å². The molecule has 2 fully saturated rings. The number of ether oxygens (including phenoxy) is 3. The van der Waals surface area contributed by atoms with Gasteiger partial charge in [0.1, 0.15) is 0 Å². The molecular formula is C28H35N3O5. The number of esters is 1. The SMILES string of the molecule is CCOC(=O)C1CCCN(C(=O)c2cccc(CN3CCN(Cc4ccc5c(c4)OCO5)CC3)c2)C1. The molecule has 1 unspecified atom stereocenters. The lowest BCUT2D eigenvalue weighted by molar-refractivity contribution is -0.149. The number of nitrogens with zero attached hydrogens (tertiary/aromatic N) is 3. The van der Waals surface area contributed by atoms with Crippen molar-refractivity contribution in [1.82, 2.24) is 14.7 Å². The van der Waals surface area contributed by atoms with Gasteiger partial charge in [0.25, 0.3) is 5.91 Å². The second kappa shape index (κ2) is 11.3. The standard InChI is InChI=1S/C28H35N3O5/c1-2-34-28(33)24-7-4-10-31(19-24)27(32)23-6-3-5-21(15-23)17-29-11-13-30(14-12-29)18-22-8-9-25-26(16-22)36-20-35-25/h3,5-6,8-9,15-16,24H,2,4,7,10-14,17-20H2,1H3. The number of carbonyl (C=O) groups excluding carboxylic acids is 2. The first-order valence-corrected chi connectivity index (χ1v) is 13.0. The van der Waals surface area contributed by atoms with Crippen LogP contribution in [0.4, 0.5) is 0 Å². The zero-order valence-corrected chi connectivity index (χ0v) is 21.0. The monoisotopic (exact) mass is 493 g/mol. The molecule has 0 bridgehead atoms. The van der Waals surface area contributed by atoms with Crippen molar-refractivity contribution in [1.29, 1.82) is 0 Å². The van der Waals surface area contributed by atoms with E-state index in [-0.39, 0.29) is 17.8 Å². The van der Waals surface area contributed by atoms with E-state index in [1.165, 1.54) is 5.56 Å². The molecule has 3 aliphatic heterocycles. The van der Waals surface area contributed by atoms with Crippen LogP contribution in [0.1, 0.15) is 41.3 Å². The Morgan fingerprint density at radius 1 is 0.917 bits per heavy atom. The first-order chi connectivity index (χ1) is 17.6. The van der Waals surface area contributed by atoms with E-state index in [2.05, 4.69) is 28.0 Å². The molecule has 8 heteroatoms. The zero-order valence-electron chi connectivity index (χ0n) is 21.0. The Morgan fingerprint density at radius 3 is 2.39 bits per heavy atom. The summed E-state index contributed by atoms with van der Waals surface area (Å²) in [5.41, 5.74) is 3.07. The van der Waals surface area contributed by atoms with Gasteiger partial charge in [0.2, 0.25) is 6.79 Å². The smallest absolute Gasteiger partial charge is 0.310 e. The van der Waals surface area contributed by atoms with Crippen molar-refractivity contribution in [3.05, 3.63) is 59.2 Å². The average Bonchev–Trinajstić information content (AvgIpc) is 3.38. The third kappa shape index (κ3) is 5.82. The highest BCUT2D eigenvalue weighted by Gasteiger charge is 2.30. The van der Waals surface area contributed by atoms with Crippen LogP contribution < -0.4 is 9.47 Å². The van der Waals surface area contributed by atoms with Gasteiger partial charge in [-0.1, -0.05) is 18.2 Å². The maximum absolute atomic E-state index is 13.2. The second-order valence-corrected chi connectivity index (χ2v) is 9.78. The van der Waals surface area contributed by atoms with Crippen LogP contribution in [0.15, 0.2) is 42.5 Å². The number of benzene rings is 2. The Hall–Kier alpha value is -3.10. The molecule has 1 amide bonds. The molecule has 0 N–H and O–H groups in total. The van der Waals surface area contributed by atoms with Crippen molar-refractivity contribution in [2.75, 3.05) is 52.7 Å². The van der Waals surface area contributed by atoms with E-state index in [1.807, 2.05) is 31.2 Å². The molecule has 0 radical (unpaired) electrons. The lowest BCUT2D eigenvalue weighted by Gasteiger charge is -2.35. The molecule has 3 heterocycles. The molecule has 36 heavy (non-hydrogen) atoms. The van der Waals surface area contributed by atoms with E-state index in [4.69, 9.17) is 14.2 Å². The number of carbonyl (C=O) groups is 2. The van der Waals surface area contributed by atoms with Gasteiger partial charge in [-0.15, -0.1) is 0 Å². The van der Waals surface area contributed by atoms with E-state index in [1.54, 1.807) is 4.90 Å². The quantitative estimate of drug-likeness (QED) is 0.549. The summed E-state index contributed by atoms with van der Waals surface area (Å²) in [7, 11) is 0. The maximum Gasteiger partial charge on any atom is 0.310 e. The van der Waals surface area contributed by atoms with Crippen LogP contribution in [0.2, 0.25) is 0 Å². The lowest BCUT2D eigenvalue weighted by Crippen LogP contribution is -2.45. The zero-order chi connectivity index (χ0) is 24.9. The van der Waals surface area contributed by atoms with E-state index >= 15 is 0 Å². The third-order valence-corrected chi connectivity index (χ3v) is 7.22. The highest BCUT2D eigenvalue weighted by Crippen LogP contribution is 2.33. The highest BCUT2D eigenvalue weighted by atomic mass is 16.7. The van der Waals surface area contributed by atoms with Crippen LogP contribution in [0.5, 0.6) is 11.5 Å². The average molecular weight is 494 g/mol. The second-order valence-electron chi connectivity index (χ2n) is 9.78. The molecule has 0 spiro atoms. The van der Waals surface area contributed by atoms with Crippen LogP contribution in [0, 0.1) is 5.92 Å². The summed E-state index contributed by atoms with van der Waals surface area (Å²) in [5, 5.41) is 0. The Labute approximate surface area is 212 Å². The molecule has 0 saturated carbocycles. The molecule has 3 aliphatic rings. The van der Waals surface area contributed by atoms with Gasteiger partial charge in [0.15, 0.2) is 11.5 Å². The summed E-state index contributed by atoms with van der Waals surface area (Å²) in [6.45, 7) is 9.29. The number of rotatable bonds is 7. The number of hydrogen-bond acceptors (Lipinski definition) is 7. The maximum atomic E-state index is 13.2. The van der Waals surface area contributed by atoms with Gasteiger partial charge < -0.3 is 19.1 Å². The van der Waals surface area contributed by atoms with Crippen LogP contribution in [0.3, 0.4) is 0 Å². The van der Waals surface area contributed by atoms with Crippen molar-refractivity contribution in [2.45, 2.75) is 32.9 Å². The number of piperazine rings is 1. The molecule has 2 saturated heterocycles. The van der Waals surface area contributed by atoms with Crippen LogP contribution in [-0.4, -0.2) is 79.2 Å². The predicted molar refractivity (Wildman–Crippen MR) is 135 cm³/mol. The molecule has 5 rings (SSSR count). The first-order valence-electron chi connectivity index (χ1n) is 13.0. The Balaban J connectivity index is 1.12. The molecular weight excluding hydrogens is 458 g/mol. The Kier molecular flexibility index (Phi) is 7.72. The van der Waals surface area contributed by atoms with Gasteiger partial charge in [-0.05, 0) is 55.2 Å². The van der Waals surface area contributed by atoms with Crippen LogP contribution in [0.25, 0.3) is 0 Å². The lowest BCUT2D eigenvalue weighted by atomic mass is 9.97. The molecule has 8 nitrogen and oxygen atoms in total.